The summed E-state index contributed by atoms with van der Waals surface area (Å²) in [7, 11) is 0. The second-order valence-corrected chi connectivity index (χ2v) is 7.77. The van der Waals surface area contributed by atoms with Crippen molar-refractivity contribution in [2.24, 2.45) is 5.92 Å². The molecule has 1 saturated heterocycles. The fourth-order valence-electron chi connectivity index (χ4n) is 3.25. The van der Waals surface area contributed by atoms with E-state index in [1.54, 1.807) is 23.5 Å². The van der Waals surface area contributed by atoms with Crippen molar-refractivity contribution >= 4 is 34.5 Å². The van der Waals surface area contributed by atoms with Crippen LogP contribution >= 0.6 is 11.3 Å². The van der Waals surface area contributed by atoms with E-state index in [2.05, 4.69) is 10.3 Å². The maximum absolute atomic E-state index is 13.1. The molecule has 0 spiro atoms. The molecule has 4 rings (SSSR count). The summed E-state index contributed by atoms with van der Waals surface area (Å²) in [5.41, 5.74) is 3.07. The number of thiazole rings is 1. The molecule has 1 fully saturated rings. The Balaban J connectivity index is 1.46. The highest BCUT2D eigenvalue weighted by molar-refractivity contribution is 7.09. The molecule has 0 saturated carbocycles. The zero-order chi connectivity index (χ0) is 19.7. The molecule has 1 aromatic heterocycles. The minimum absolute atomic E-state index is 0.133. The molecular formula is C21H18FN3O2S. The van der Waals surface area contributed by atoms with Crippen molar-refractivity contribution < 1.29 is 14.0 Å². The van der Waals surface area contributed by atoms with Crippen molar-refractivity contribution in [2.75, 3.05) is 16.8 Å². The van der Waals surface area contributed by atoms with E-state index in [-0.39, 0.29) is 30.6 Å². The molecule has 142 valence electrons. The molecule has 7 heteroatoms. The van der Waals surface area contributed by atoms with E-state index < -0.39 is 5.92 Å². The summed E-state index contributed by atoms with van der Waals surface area (Å²) in [5.74, 6) is -1.16. The van der Waals surface area contributed by atoms with Gasteiger partial charge in [-0.05, 0) is 43.3 Å². The van der Waals surface area contributed by atoms with E-state index >= 15 is 0 Å². The highest BCUT2D eigenvalue weighted by Gasteiger charge is 2.35. The second kappa shape index (κ2) is 7.52. The van der Waals surface area contributed by atoms with Crippen LogP contribution in [0.1, 0.15) is 11.4 Å². The van der Waals surface area contributed by atoms with Crippen LogP contribution in [0.5, 0.6) is 0 Å². The Morgan fingerprint density at radius 1 is 1.25 bits per heavy atom. The predicted molar refractivity (Wildman–Crippen MR) is 108 cm³/mol. The largest absolute Gasteiger partial charge is 0.326 e. The summed E-state index contributed by atoms with van der Waals surface area (Å²) >= 11 is 1.57. The zero-order valence-corrected chi connectivity index (χ0v) is 16.0. The van der Waals surface area contributed by atoms with E-state index in [1.165, 1.54) is 17.0 Å². The lowest BCUT2D eigenvalue weighted by atomic mass is 10.1. The van der Waals surface area contributed by atoms with Crippen molar-refractivity contribution in [3.8, 4) is 11.3 Å². The van der Waals surface area contributed by atoms with E-state index in [9.17, 15) is 14.0 Å². The van der Waals surface area contributed by atoms with Gasteiger partial charge in [-0.3, -0.25) is 9.59 Å². The fourth-order valence-corrected chi connectivity index (χ4v) is 3.87. The standard InChI is InChI=1S/C21H18FN3O2S/c1-13-23-19(12-28-13)14-3-2-4-17(9-14)24-21(27)15-10-20(26)25(11-15)18-7-5-16(22)6-8-18/h2-9,12,15H,10-11H2,1H3,(H,24,27). The number of carbonyl (C=O) groups is 2. The monoisotopic (exact) mass is 395 g/mol. The SMILES string of the molecule is Cc1nc(-c2cccc(NC(=O)C3CC(=O)N(c4ccc(F)cc4)C3)c2)cs1. The van der Waals surface area contributed by atoms with Gasteiger partial charge in [-0.15, -0.1) is 11.3 Å². The first-order chi connectivity index (χ1) is 13.5. The Morgan fingerprint density at radius 2 is 2.04 bits per heavy atom. The topological polar surface area (TPSA) is 62.3 Å². The van der Waals surface area contributed by atoms with Gasteiger partial charge in [0.1, 0.15) is 5.82 Å². The van der Waals surface area contributed by atoms with Gasteiger partial charge in [-0.25, -0.2) is 9.37 Å². The van der Waals surface area contributed by atoms with E-state index in [0.717, 1.165) is 16.3 Å². The number of carbonyl (C=O) groups excluding carboxylic acids is 2. The molecule has 2 aromatic carbocycles. The summed E-state index contributed by atoms with van der Waals surface area (Å²) in [6.07, 6.45) is 0.133. The van der Waals surface area contributed by atoms with Gasteiger partial charge in [0, 0.05) is 35.3 Å². The fraction of sp³-hybridized carbons (Fsp3) is 0.190. The average Bonchev–Trinajstić information content (AvgIpc) is 3.29. The number of aryl methyl sites for hydroxylation is 1. The van der Waals surface area contributed by atoms with Crippen LogP contribution in [0.2, 0.25) is 0 Å². The lowest BCUT2D eigenvalue weighted by Crippen LogP contribution is -2.28. The average molecular weight is 395 g/mol. The first kappa shape index (κ1) is 18.3. The van der Waals surface area contributed by atoms with E-state index in [4.69, 9.17) is 0 Å². The number of benzene rings is 2. The maximum Gasteiger partial charge on any atom is 0.229 e. The van der Waals surface area contributed by atoms with Gasteiger partial charge < -0.3 is 10.2 Å². The highest BCUT2D eigenvalue weighted by atomic mass is 32.1. The summed E-state index contributed by atoms with van der Waals surface area (Å²) in [4.78, 5) is 31.0. The molecule has 2 amide bonds. The lowest BCUT2D eigenvalue weighted by Gasteiger charge is -2.16. The number of rotatable bonds is 4. The molecule has 1 atom stereocenters. The summed E-state index contributed by atoms with van der Waals surface area (Å²) in [6.45, 7) is 2.23. The van der Waals surface area contributed by atoms with Gasteiger partial charge in [0.25, 0.3) is 0 Å². The van der Waals surface area contributed by atoms with Crippen LogP contribution in [0.15, 0.2) is 53.9 Å². The minimum atomic E-state index is -0.456. The van der Waals surface area contributed by atoms with Crippen LogP contribution < -0.4 is 10.2 Å². The van der Waals surface area contributed by atoms with Crippen LogP contribution in [0.25, 0.3) is 11.3 Å². The lowest BCUT2D eigenvalue weighted by molar-refractivity contribution is -0.122. The Labute approximate surface area is 165 Å². The Bertz CT molecular complexity index is 1030. The number of anilines is 2. The number of amides is 2. The van der Waals surface area contributed by atoms with Crippen LogP contribution in [0.4, 0.5) is 15.8 Å². The highest BCUT2D eigenvalue weighted by Crippen LogP contribution is 2.28. The smallest absolute Gasteiger partial charge is 0.229 e. The molecule has 5 nitrogen and oxygen atoms in total. The van der Waals surface area contributed by atoms with Gasteiger partial charge in [-0.2, -0.15) is 0 Å². The normalized spacial score (nSPS) is 16.4. The zero-order valence-electron chi connectivity index (χ0n) is 15.2. The molecule has 1 N–H and O–H groups in total. The van der Waals surface area contributed by atoms with Crippen molar-refractivity contribution in [1.82, 2.24) is 4.98 Å². The Hall–Kier alpha value is -3.06. The molecule has 1 aliphatic heterocycles. The summed E-state index contributed by atoms with van der Waals surface area (Å²) in [6, 6.07) is 13.2. The van der Waals surface area contributed by atoms with Gasteiger partial charge in [0.15, 0.2) is 0 Å². The number of nitrogens with zero attached hydrogens (tertiary/aromatic N) is 2. The molecule has 0 bridgehead atoms. The third-order valence-corrected chi connectivity index (χ3v) is 5.45. The molecule has 28 heavy (non-hydrogen) atoms. The van der Waals surface area contributed by atoms with Crippen LogP contribution in [-0.4, -0.2) is 23.3 Å². The first-order valence-electron chi connectivity index (χ1n) is 8.89. The third kappa shape index (κ3) is 3.80. The Kier molecular flexibility index (Phi) is 4.92. The van der Waals surface area contributed by atoms with Gasteiger partial charge in [0.05, 0.1) is 16.6 Å². The Morgan fingerprint density at radius 3 is 2.75 bits per heavy atom. The molecule has 2 heterocycles. The van der Waals surface area contributed by atoms with Crippen LogP contribution in [0.3, 0.4) is 0 Å². The van der Waals surface area contributed by atoms with Crippen LogP contribution in [-0.2, 0) is 9.59 Å². The van der Waals surface area contributed by atoms with Gasteiger partial charge in [0.2, 0.25) is 11.8 Å². The van der Waals surface area contributed by atoms with Crippen molar-refractivity contribution in [3.05, 3.63) is 64.7 Å². The molecule has 1 unspecified atom stereocenters. The van der Waals surface area contributed by atoms with Gasteiger partial charge in [-0.1, -0.05) is 12.1 Å². The van der Waals surface area contributed by atoms with Crippen molar-refractivity contribution in [1.29, 1.82) is 0 Å². The molecule has 1 aliphatic rings. The van der Waals surface area contributed by atoms with Crippen molar-refractivity contribution in [3.63, 3.8) is 0 Å². The van der Waals surface area contributed by atoms with E-state index in [1.807, 2.05) is 36.6 Å². The summed E-state index contributed by atoms with van der Waals surface area (Å²) < 4.78 is 13.1. The number of hydrogen-bond donors (Lipinski definition) is 1. The van der Waals surface area contributed by atoms with Crippen LogP contribution in [0, 0.1) is 18.7 Å². The molecule has 3 aromatic rings. The van der Waals surface area contributed by atoms with Gasteiger partial charge >= 0.3 is 0 Å². The minimum Gasteiger partial charge on any atom is -0.326 e. The summed E-state index contributed by atoms with van der Waals surface area (Å²) in [5, 5.41) is 5.86. The number of aromatic nitrogens is 1. The number of halogens is 1. The molecule has 0 radical (unpaired) electrons. The maximum atomic E-state index is 13.1. The third-order valence-electron chi connectivity index (χ3n) is 4.68. The van der Waals surface area contributed by atoms with E-state index in [0.29, 0.717) is 11.4 Å². The number of hydrogen-bond acceptors (Lipinski definition) is 4. The first-order valence-corrected chi connectivity index (χ1v) is 9.77. The molecule has 0 aliphatic carbocycles. The second-order valence-electron chi connectivity index (χ2n) is 6.70. The predicted octanol–water partition coefficient (Wildman–Crippen LogP) is 4.25. The van der Waals surface area contributed by atoms with Crippen molar-refractivity contribution in [2.45, 2.75) is 13.3 Å². The quantitative estimate of drug-likeness (QED) is 0.718. The number of nitrogens with one attached hydrogen (secondary N) is 1. The molecular weight excluding hydrogens is 377 g/mol.